The summed E-state index contributed by atoms with van der Waals surface area (Å²) in [4.78, 5) is 10.9. The van der Waals surface area contributed by atoms with E-state index in [0.717, 1.165) is 54.2 Å². The molecule has 0 saturated heterocycles. The second-order valence-electron chi connectivity index (χ2n) is 7.38. The van der Waals surface area contributed by atoms with Crippen molar-refractivity contribution in [1.29, 1.82) is 0 Å². The van der Waals surface area contributed by atoms with Gasteiger partial charge >= 0.3 is 5.97 Å². The van der Waals surface area contributed by atoms with Crippen molar-refractivity contribution >= 4 is 28.7 Å². The third-order valence-corrected chi connectivity index (χ3v) is 4.72. The van der Waals surface area contributed by atoms with Crippen LogP contribution in [0.1, 0.15) is 25.7 Å². The zero-order valence-electron chi connectivity index (χ0n) is 19.0. The van der Waals surface area contributed by atoms with E-state index < -0.39 is 0 Å². The molecule has 0 unspecified atom stereocenters. The molecule has 0 N–H and O–H groups in total. The van der Waals surface area contributed by atoms with Crippen molar-refractivity contribution in [3.8, 4) is 5.75 Å². The number of ether oxygens (including phenoxy) is 2. The maximum Gasteiger partial charge on any atom is 0.330 e. The number of hydrogen-bond acceptors (Lipinski definition) is 7. The Morgan fingerprint density at radius 1 is 0.647 bits per heavy atom. The smallest absolute Gasteiger partial charge is 0.330 e. The van der Waals surface area contributed by atoms with Crippen LogP contribution in [0.5, 0.6) is 5.75 Å². The van der Waals surface area contributed by atoms with E-state index in [1.54, 1.807) is 0 Å². The number of carbonyl (C=O) groups excluding carboxylic acids is 1. The van der Waals surface area contributed by atoms with Crippen LogP contribution in [0.25, 0.3) is 0 Å². The van der Waals surface area contributed by atoms with Crippen molar-refractivity contribution in [1.82, 2.24) is 0 Å². The average Bonchev–Trinajstić information content (AvgIpc) is 2.89. The Morgan fingerprint density at radius 2 is 1.12 bits per heavy atom. The first kappa shape index (κ1) is 24.5. The van der Waals surface area contributed by atoms with Gasteiger partial charge < -0.3 is 9.47 Å². The zero-order valence-corrected chi connectivity index (χ0v) is 19.0. The molecule has 0 heterocycles. The van der Waals surface area contributed by atoms with Crippen LogP contribution in [0.2, 0.25) is 0 Å². The van der Waals surface area contributed by atoms with Crippen LogP contribution in [0.15, 0.2) is 112 Å². The van der Waals surface area contributed by atoms with Gasteiger partial charge in [-0.1, -0.05) is 24.8 Å². The van der Waals surface area contributed by atoms with E-state index in [9.17, 15) is 4.79 Å². The minimum absolute atomic E-state index is 0.369. The summed E-state index contributed by atoms with van der Waals surface area (Å²) >= 11 is 0. The van der Waals surface area contributed by atoms with Gasteiger partial charge in [-0.3, -0.25) is 0 Å². The fourth-order valence-corrected chi connectivity index (χ4v) is 2.90. The Labute approximate surface area is 199 Å². The lowest BCUT2D eigenvalue weighted by molar-refractivity contribution is -0.137. The largest absolute Gasteiger partial charge is 0.494 e. The molecule has 0 aliphatic carbocycles. The predicted molar refractivity (Wildman–Crippen MR) is 133 cm³/mol. The van der Waals surface area contributed by atoms with Crippen LogP contribution >= 0.6 is 0 Å². The second-order valence-corrected chi connectivity index (χ2v) is 7.38. The number of carbonyl (C=O) groups is 1. The standard InChI is InChI=1S/C27H28N4O3/c1-2-27(32)34-21-9-4-3-8-20-33-26-18-16-25(17-19-26)31-30-24-14-12-23(13-15-24)29-28-22-10-6-5-7-11-22/h2,5-7,10-19H,1,3-4,8-9,20-21H2. The van der Waals surface area contributed by atoms with Crippen LogP contribution < -0.4 is 4.74 Å². The first-order valence-corrected chi connectivity index (χ1v) is 11.2. The number of esters is 1. The fraction of sp³-hybridized carbons (Fsp3) is 0.222. The van der Waals surface area contributed by atoms with Crippen molar-refractivity contribution in [3.63, 3.8) is 0 Å². The second kappa shape index (κ2) is 14.1. The Kier molecular flexibility index (Phi) is 10.2. The van der Waals surface area contributed by atoms with Gasteiger partial charge in [0.25, 0.3) is 0 Å². The highest BCUT2D eigenvalue weighted by atomic mass is 16.5. The molecule has 0 aromatic heterocycles. The predicted octanol–water partition coefficient (Wildman–Crippen LogP) is 8.19. The number of benzene rings is 3. The third-order valence-electron chi connectivity index (χ3n) is 4.72. The van der Waals surface area contributed by atoms with Crippen molar-refractivity contribution in [2.24, 2.45) is 20.5 Å². The van der Waals surface area contributed by atoms with Gasteiger partial charge in [-0.25, -0.2) is 4.79 Å². The van der Waals surface area contributed by atoms with Gasteiger partial charge in [0.05, 0.1) is 36.0 Å². The lowest BCUT2D eigenvalue weighted by Crippen LogP contribution is -2.02. The molecule has 0 atom stereocenters. The SMILES string of the molecule is C=CC(=O)OCCCCCCOc1ccc(N=Nc2ccc(N=Nc3ccccc3)cc2)cc1. The highest BCUT2D eigenvalue weighted by Gasteiger charge is 1.98. The van der Waals surface area contributed by atoms with Crippen molar-refractivity contribution in [3.05, 3.63) is 91.5 Å². The molecule has 3 aromatic carbocycles. The molecule has 0 aliphatic heterocycles. The molecule has 174 valence electrons. The molecule has 0 aliphatic rings. The molecular formula is C27H28N4O3. The van der Waals surface area contributed by atoms with E-state index in [1.807, 2.05) is 78.9 Å². The minimum atomic E-state index is -0.369. The highest BCUT2D eigenvalue weighted by Crippen LogP contribution is 2.24. The average molecular weight is 457 g/mol. The first-order chi connectivity index (χ1) is 16.7. The van der Waals surface area contributed by atoms with E-state index in [4.69, 9.17) is 9.47 Å². The molecule has 0 radical (unpaired) electrons. The molecule has 0 saturated carbocycles. The summed E-state index contributed by atoms with van der Waals surface area (Å²) in [5.41, 5.74) is 3.04. The van der Waals surface area contributed by atoms with Crippen LogP contribution in [-0.2, 0) is 9.53 Å². The topological polar surface area (TPSA) is 85.0 Å². The molecule has 3 aromatic rings. The molecule has 34 heavy (non-hydrogen) atoms. The lowest BCUT2D eigenvalue weighted by atomic mass is 10.2. The molecule has 0 bridgehead atoms. The van der Waals surface area contributed by atoms with E-state index in [-0.39, 0.29) is 5.97 Å². The zero-order chi connectivity index (χ0) is 23.8. The summed E-state index contributed by atoms with van der Waals surface area (Å²) in [5.74, 6) is 0.429. The number of nitrogens with zero attached hydrogens (tertiary/aromatic N) is 4. The number of hydrogen-bond donors (Lipinski definition) is 0. The molecular weight excluding hydrogens is 428 g/mol. The molecule has 0 amide bonds. The Bertz CT molecular complexity index is 1080. The summed E-state index contributed by atoms with van der Waals surface area (Å²) in [6, 6.07) is 24.5. The van der Waals surface area contributed by atoms with Crippen molar-refractivity contribution in [2.45, 2.75) is 25.7 Å². The van der Waals surface area contributed by atoms with Crippen LogP contribution in [0.4, 0.5) is 22.7 Å². The van der Waals surface area contributed by atoms with Gasteiger partial charge in [0, 0.05) is 6.08 Å². The quantitative estimate of drug-likeness (QED) is 0.112. The van der Waals surface area contributed by atoms with Gasteiger partial charge in [-0.05, 0) is 86.3 Å². The third kappa shape index (κ3) is 9.16. The van der Waals surface area contributed by atoms with E-state index in [1.165, 1.54) is 6.08 Å². The molecule has 7 heteroatoms. The summed E-state index contributed by atoms with van der Waals surface area (Å²) in [6.07, 6.45) is 4.98. The van der Waals surface area contributed by atoms with Crippen molar-refractivity contribution < 1.29 is 14.3 Å². The summed E-state index contributed by atoms with van der Waals surface area (Å²) < 4.78 is 10.7. The van der Waals surface area contributed by atoms with Gasteiger partial charge in [0.15, 0.2) is 0 Å². The monoisotopic (exact) mass is 456 g/mol. The molecule has 0 spiro atoms. The summed E-state index contributed by atoms with van der Waals surface area (Å²) in [7, 11) is 0. The van der Waals surface area contributed by atoms with Crippen LogP contribution in [-0.4, -0.2) is 19.2 Å². The number of azo groups is 2. The number of rotatable bonds is 13. The normalized spacial score (nSPS) is 11.1. The maximum atomic E-state index is 10.9. The molecule has 0 fully saturated rings. The Morgan fingerprint density at radius 3 is 1.65 bits per heavy atom. The molecule has 7 nitrogen and oxygen atoms in total. The van der Waals surface area contributed by atoms with Crippen LogP contribution in [0, 0.1) is 0 Å². The summed E-state index contributed by atoms with van der Waals surface area (Å²) in [6.45, 7) is 4.44. The van der Waals surface area contributed by atoms with Crippen LogP contribution in [0.3, 0.4) is 0 Å². The first-order valence-electron chi connectivity index (χ1n) is 11.2. The van der Waals surface area contributed by atoms with Gasteiger partial charge in [0.1, 0.15) is 5.75 Å². The van der Waals surface area contributed by atoms with E-state index in [2.05, 4.69) is 27.0 Å². The Hall–Kier alpha value is -4.13. The van der Waals surface area contributed by atoms with Gasteiger partial charge in [-0.2, -0.15) is 20.5 Å². The summed E-state index contributed by atoms with van der Waals surface area (Å²) in [5, 5.41) is 17.0. The van der Waals surface area contributed by atoms with Gasteiger partial charge in [0.2, 0.25) is 0 Å². The minimum Gasteiger partial charge on any atom is -0.494 e. The lowest BCUT2D eigenvalue weighted by Gasteiger charge is -2.06. The van der Waals surface area contributed by atoms with Crippen molar-refractivity contribution in [2.75, 3.05) is 13.2 Å². The molecule has 3 rings (SSSR count). The fourth-order valence-electron chi connectivity index (χ4n) is 2.90. The van der Waals surface area contributed by atoms with E-state index in [0.29, 0.717) is 13.2 Å². The van der Waals surface area contributed by atoms with E-state index >= 15 is 0 Å². The number of unbranched alkanes of at least 4 members (excludes halogenated alkanes) is 3. The maximum absolute atomic E-state index is 10.9. The highest BCUT2D eigenvalue weighted by molar-refractivity contribution is 5.81. The Balaban J connectivity index is 1.36. The van der Waals surface area contributed by atoms with Gasteiger partial charge in [-0.15, -0.1) is 0 Å².